The van der Waals surface area contributed by atoms with Crippen molar-refractivity contribution in [3.05, 3.63) is 34.1 Å². The summed E-state index contributed by atoms with van der Waals surface area (Å²) in [6.07, 6.45) is 3.97. The molecule has 0 aliphatic rings. The van der Waals surface area contributed by atoms with Gasteiger partial charge in [-0.25, -0.2) is 0 Å². The van der Waals surface area contributed by atoms with E-state index in [9.17, 15) is 0 Å². The largest absolute Gasteiger partial charge is 0.316 e. The SMILES string of the molecule is CNC/C(=C/c1ccc(Br)cn1)C(C)C. The molecular formula is C12H17BrN2. The lowest BCUT2D eigenvalue weighted by Gasteiger charge is -2.10. The zero-order chi connectivity index (χ0) is 11.3. The predicted molar refractivity (Wildman–Crippen MR) is 68.7 cm³/mol. The third kappa shape index (κ3) is 4.14. The van der Waals surface area contributed by atoms with Gasteiger partial charge in [-0.2, -0.15) is 0 Å². The smallest absolute Gasteiger partial charge is 0.0630 e. The Kier molecular flexibility index (Phi) is 4.99. The van der Waals surface area contributed by atoms with Gasteiger partial charge in [0.2, 0.25) is 0 Å². The minimum atomic E-state index is 0.544. The topological polar surface area (TPSA) is 24.9 Å². The molecule has 0 aromatic carbocycles. The summed E-state index contributed by atoms with van der Waals surface area (Å²) in [4.78, 5) is 4.33. The third-order valence-corrected chi connectivity index (χ3v) is 2.68. The Hall–Kier alpha value is -0.670. The quantitative estimate of drug-likeness (QED) is 0.908. The molecule has 0 radical (unpaired) electrons. The van der Waals surface area contributed by atoms with Crippen LogP contribution in [0.25, 0.3) is 6.08 Å². The third-order valence-electron chi connectivity index (χ3n) is 2.21. The van der Waals surface area contributed by atoms with Gasteiger partial charge in [-0.3, -0.25) is 4.98 Å². The van der Waals surface area contributed by atoms with E-state index in [0.717, 1.165) is 16.7 Å². The number of likely N-dealkylation sites (N-methyl/N-ethyl adjacent to an activating group) is 1. The molecule has 0 fully saturated rings. The second-order valence-corrected chi connectivity index (χ2v) is 4.72. The van der Waals surface area contributed by atoms with Gasteiger partial charge < -0.3 is 5.32 Å². The van der Waals surface area contributed by atoms with E-state index in [2.05, 4.69) is 46.2 Å². The summed E-state index contributed by atoms with van der Waals surface area (Å²) in [5.74, 6) is 0.544. The number of nitrogens with zero attached hydrogens (tertiary/aromatic N) is 1. The van der Waals surface area contributed by atoms with Crippen LogP contribution >= 0.6 is 15.9 Å². The van der Waals surface area contributed by atoms with Crippen molar-refractivity contribution >= 4 is 22.0 Å². The van der Waals surface area contributed by atoms with E-state index in [1.807, 2.05) is 25.4 Å². The van der Waals surface area contributed by atoms with E-state index in [1.54, 1.807) is 0 Å². The van der Waals surface area contributed by atoms with Gasteiger partial charge >= 0.3 is 0 Å². The predicted octanol–water partition coefficient (Wildman–Crippen LogP) is 3.10. The maximum Gasteiger partial charge on any atom is 0.0630 e. The fourth-order valence-corrected chi connectivity index (χ4v) is 1.52. The minimum Gasteiger partial charge on any atom is -0.316 e. The van der Waals surface area contributed by atoms with Crippen molar-refractivity contribution in [2.75, 3.05) is 13.6 Å². The molecule has 0 saturated carbocycles. The van der Waals surface area contributed by atoms with E-state index in [-0.39, 0.29) is 0 Å². The number of hydrogen-bond donors (Lipinski definition) is 1. The molecule has 1 aromatic rings. The number of nitrogens with one attached hydrogen (secondary N) is 1. The fourth-order valence-electron chi connectivity index (χ4n) is 1.29. The first-order valence-electron chi connectivity index (χ1n) is 5.10. The molecule has 1 rings (SSSR count). The van der Waals surface area contributed by atoms with E-state index in [0.29, 0.717) is 5.92 Å². The van der Waals surface area contributed by atoms with Crippen LogP contribution in [-0.4, -0.2) is 18.6 Å². The zero-order valence-corrected chi connectivity index (χ0v) is 11.0. The van der Waals surface area contributed by atoms with Crippen LogP contribution in [-0.2, 0) is 0 Å². The monoisotopic (exact) mass is 268 g/mol. The van der Waals surface area contributed by atoms with Gasteiger partial charge in [0.05, 0.1) is 5.69 Å². The Morgan fingerprint density at radius 2 is 2.27 bits per heavy atom. The van der Waals surface area contributed by atoms with Crippen molar-refractivity contribution in [3.63, 3.8) is 0 Å². The van der Waals surface area contributed by atoms with Crippen molar-refractivity contribution in [1.29, 1.82) is 0 Å². The van der Waals surface area contributed by atoms with E-state index < -0.39 is 0 Å². The minimum absolute atomic E-state index is 0.544. The van der Waals surface area contributed by atoms with E-state index in [4.69, 9.17) is 0 Å². The standard InChI is InChI=1S/C12H17BrN2/c1-9(2)10(7-14-3)6-12-5-4-11(13)8-15-12/h4-6,8-9,14H,7H2,1-3H3/b10-6-. The van der Waals surface area contributed by atoms with Crippen molar-refractivity contribution in [2.24, 2.45) is 5.92 Å². The van der Waals surface area contributed by atoms with Crippen LogP contribution in [0.1, 0.15) is 19.5 Å². The molecule has 0 aliphatic carbocycles. The first kappa shape index (κ1) is 12.4. The highest BCUT2D eigenvalue weighted by molar-refractivity contribution is 9.10. The number of aromatic nitrogens is 1. The number of rotatable bonds is 4. The molecule has 82 valence electrons. The fraction of sp³-hybridized carbons (Fsp3) is 0.417. The molecule has 15 heavy (non-hydrogen) atoms. The molecule has 0 spiro atoms. The van der Waals surface area contributed by atoms with Crippen LogP contribution in [0.5, 0.6) is 0 Å². The molecule has 0 saturated heterocycles. The average Bonchev–Trinajstić information content (AvgIpc) is 2.20. The van der Waals surface area contributed by atoms with Crippen LogP contribution < -0.4 is 5.32 Å². The van der Waals surface area contributed by atoms with Crippen molar-refractivity contribution in [1.82, 2.24) is 10.3 Å². The molecule has 3 heteroatoms. The second-order valence-electron chi connectivity index (χ2n) is 3.81. The Balaban J connectivity index is 2.86. The Morgan fingerprint density at radius 1 is 1.53 bits per heavy atom. The first-order valence-corrected chi connectivity index (χ1v) is 5.89. The van der Waals surface area contributed by atoms with Crippen LogP contribution in [0.15, 0.2) is 28.4 Å². The van der Waals surface area contributed by atoms with Crippen LogP contribution in [0.3, 0.4) is 0 Å². The summed E-state index contributed by atoms with van der Waals surface area (Å²) in [6.45, 7) is 5.31. The van der Waals surface area contributed by atoms with Crippen LogP contribution in [0, 0.1) is 5.92 Å². The molecule has 0 unspecified atom stereocenters. The summed E-state index contributed by atoms with van der Waals surface area (Å²) in [5.41, 5.74) is 2.38. The van der Waals surface area contributed by atoms with Gasteiger partial charge in [-0.1, -0.05) is 19.4 Å². The van der Waals surface area contributed by atoms with Crippen molar-refractivity contribution < 1.29 is 0 Å². The Labute approximate surface area is 99.9 Å². The molecule has 1 aromatic heterocycles. The van der Waals surface area contributed by atoms with Gasteiger partial charge in [-0.05, 0) is 47.1 Å². The number of halogens is 1. The molecule has 0 bridgehead atoms. The Morgan fingerprint density at radius 3 is 2.73 bits per heavy atom. The average molecular weight is 269 g/mol. The maximum absolute atomic E-state index is 4.33. The van der Waals surface area contributed by atoms with Gasteiger partial charge in [0.15, 0.2) is 0 Å². The summed E-state index contributed by atoms with van der Waals surface area (Å²) in [6, 6.07) is 4.03. The highest BCUT2D eigenvalue weighted by Crippen LogP contribution is 2.14. The molecule has 1 N–H and O–H groups in total. The molecule has 1 heterocycles. The summed E-state index contributed by atoms with van der Waals surface area (Å²) in [7, 11) is 1.96. The molecular weight excluding hydrogens is 252 g/mol. The lowest BCUT2D eigenvalue weighted by atomic mass is 10.0. The van der Waals surface area contributed by atoms with Gasteiger partial charge in [0.25, 0.3) is 0 Å². The molecule has 2 nitrogen and oxygen atoms in total. The number of pyridine rings is 1. The lowest BCUT2D eigenvalue weighted by Crippen LogP contribution is -2.13. The zero-order valence-electron chi connectivity index (χ0n) is 9.42. The first-order chi connectivity index (χ1) is 7.13. The Bertz CT molecular complexity index is 328. The molecule has 0 aliphatic heterocycles. The summed E-state index contributed by atoms with van der Waals surface area (Å²) < 4.78 is 1.01. The van der Waals surface area contributed by atoms with Gasteiger partial charge in [0, 0.05) is 17.2 Å². The highest BCUT2D eigenvalue weighted by Gasteiger charge is 2.02. The normalized spacial score (nSPS) is 12.2. The lowest BCUT2D eigenvalue weighted by molar-refractivity contribution is 0.712. The van der Waals surface area contributed by atoms with Gasteiger partial charge in [0.1, 0.15) is 0 Å². The second kappa shape index (κ2) is 6.03. The molecule has 0 amide bonds. The van der Waals surface area contributed by atoms with Crippen molar-refractivity contribution in [2.45, 2.75) is 13.8 Å². The summed E-state index contributed by atoms with van der Waals surface area (Å²) in [5, 5.41) is 3.18. The van der Waals surface area contributed by atoms with Crippen LogP contribution in [0.2, 0.25) is 0 Å². The summed E-state index contributed by atoms with van der Waals surface area (Å²) >= 11 is 3.38. The molecule has 0 atom stereocenters. The van der Waals surface area contributed by atoms with Crippen molar-refractivity contribution in [3.8, 4) is 0 Å². The number of hydrogen-bond acceptors (Lipinski definition) is 2. The maximum atomic E-state index is 4.33. The van der Waals surface area contributed by atoms with E-state index in [1.165, 1.54) is 5.57 Å². The van der Waals surface area contributed by atoms with Gasteiger partial charge in [-0.15, -0.1) is 0 Å². The van der Waals surface area contributed by atoms with E-state index >= 15 is 0 Å². The van der Waals surface area contributed by atoms with Crippen LogP contribution in [0.4, 0.5) is 0 Å². The highest BCUT2D eigenvalue weighted by atomic mass is 79.9.